The van der Waals surface area contributed by atoms with Gasteiger partial charge in [0, 0.05) is 25.5 Å². The summed E-state index contributed by atoms with van der Waals surface area (Å²) in [5, 5.41) is 0. The predicted molar refractivity (Wildman–Crippen MR) is 94.7 cm³/mol. The van der Waals surface area contributed by atoms with E-state index in [1.807, 2.05) is 0 Å². The van der Waals surface area contributed by atoms with Gasteiger partial charge in [0.1, 0.15) is 29.3 Å². The zero-order valence-corrected chi connectivity index (χ0v) is 15.4. The van der Waals surface area contributed by atoms with Gasteiger partial charge in [0.25, 0.3) is 0 Å². The average Bonchev–Trinajstić information content (AvgIpc) is 3.04. The lowest BCUT2D eigenvalue weighted by molar-refractivity contribution is 0.413. The van der Waals surface area contributed by atoms with Crippen molar-refractivity contribution < 1.29 is 21.9 Å². The second-order valence-electron chi connectivity index (χ2n) is 5.83. The molecule has 0 saturated heterocycles. The lowest BCUT2D eigenvalue weighted by Crippen LogP contribution is -2.31. The highest BCUT2D eigenvalue weighted by atomic mass is 32.2. The van der Waals surface area contributed by atoms with E-state index in [-0.39, 0.29) is 0 Å². The summed E-state index contributed by atoms with van der Waals surface area (Å²) in [4.78, 5) is 3.70. The molecule has 0 fully saturated rings. The molecule has 0 radical (unpaired) electrons. The van der Waals surface area contributed by atoms with Crippen LogP contribution in [0.1, 0.15) is 17.4 Å². The minimum atomic E-state index is -4.24. The van der Waals surface area contributed by atoms with E-state index in [1.54, 1.807) is 42.1 Å². The van der Waals surface area contributed by atoms with Crippen molar-refractivity contribution in [3.63, 3.8) is 0 Å². The molecular formula is C18H17F2N3O3S. The summed E-state index contributed by atoms with van der Waals surface area (Å²) >= 11 is 0. The molecule has 1 heterocycles. The van der Waals surface area contributed by atoms with Crippen LogP contribution >= 0.6 is 0 Å². The molecular weight excluding hydrogens is 376 g/mol. The van der Waals surface area contributed by atoms with Gasteiger partial charge >= 0.3 is 0 Å². The van der Waals surface area contributed by atoms with Crippen molar-refractivity contribution in [2.24, 2.45) is 7.05 Å². The molecule has 0 aliphatic carbocycles. The standard InChI is InChI=1S/C18H17F2N3O3S/c1-23-7-6-21-18(23)17(12-4-3-5-15(8-12)26-2)22-27(24,25)16-10-13(19)9-14(20)11-16/h3-11,17,22H,1-2H3. The topological polar surface area (TPSA) is 73.2 Å². The number of nitrogens with one attached hydrogen (secondary N) is 1. The summed E-state index contributed by atoms with van der Waals surface area (Å²) in [7, 11) is -1.03. The lowest BCUT2D eigenvalue weighted by atomic mass is 10.1. The third-order valence-electron chi connectivity index (χ3n) is 3.96. The highest BCUT2D eigenvalue weighted by molar-refractivity contribution is 7.89. The van der Waals surface area contributed by atoms with Crippen LogP contribution in [0.5, 0.6) is 5.75 Å². The Morgan fingerprint density at radius 2 is 1.85 bits per heavy atom. The molecule has 0 amide bonds. The van der Waals surface area contributed by atoms with E-state index in [0.29, 0.717) is 23.2 Å². The predicted octanol–water partition coefficient (Wildman–Crippen LogP) is 2.77. The molecule has 142 valence electrons. The molecule has 3 rings (SSSR count). The van der Waals surface area contributed by atoms with Crippen LogP contribution in [0.3, 0.4) is 0 Å². The lowest BCUT2D eigenvalue weighted by Gasteiger charge is -2.20. The van der Waals surface area contributed by atoms with Gasteiger partial charge < -0.3 is 9.30 Å². The highest BCUT2D eigenvalue weighted by Gasteiger charge is 2.26. The second kappa shape index (κ2) is 7.45. The molecule has 27 heavy (non-hydrogen) atoms. The van der Waals surface area contributed by atoms with Crippen molar-refractivity contribution in [3.05, 3.63) is 77.9 Å². The van der Waals surface area contributed by atoms with Crippen LogP contribution in [0.4, 0.5) is 8.78 Å². The Labute approximate surface area is 155 Å². The zero-order valence-electron chi connectivity index (χ0n) is 14.6. The Morgan fingerprint density at radius 3 is 2.44 bits per heavy atom. The van der Waals surface area contributed by atoms with Crippen LogP contribution in [-0.4, -0.2) is 25.1 Å². The molecule has 9 heteroatoms. The molecule has 1 atom stereocenters. The van der Waals surface area contributed by atoms with Crippen molar-refractivity contribution >= 4 is 10.0 Å². The molecule has 3 aromatic rings. The van der Waals surface area contributed by atoms with Crippen molar-refractivity contribution in [3.8, 4) is 5.75 Å². The summed E-state index contributed by atoms with van der Waals surface area (Å²) < 4.78 is 61.8. The first kappa shape index (κ1) is 19.0. The first-order valence-corrected chi connectivity index (χ1v) is 9.38. The third-order valence-corrected chi connectivity index (χ3v) is 5.37. The van der Waals surface area contributed by atoms with E-state index in [4.69, 9.17) is 4.74 Å². The number of methoxy groups -OCH3 is 1. The largest absolute Gasteiger partial charge is 0.497 e. The van der Waals surface area contributed by atoms with Gasteiger partial charge in [-0.25, -0.2) is 22.2 Å². The molecule has 0 saturated carbocycles. The van der Waals surface area contributed by atoms with Crippen molar-refractivity contribution in [1.82, 2.24) is 14.3 Å². The minimum absolute atomic E-state index is 0.406. The number of ether oxygens (including phenoxy) is 1. The number of aromatic nitrogens is 2. The fourth-order valence-electron chi connectivity index (χ4n) is 2.65. The smallest absolute Gasteiger partial charge is 0.241 e. The number of imidazole rings is 1. The summed E-state index contributed by atoms with van der Waals surface area (Å²) in [6.45, 7) is 0. The molecule has 0 aliphatic heterocycles. The maximum atomic E-state index is 13.5. The van der Waals surface area contributed by atoms with E-state index < -0.39 is 32.6 Å². The van der Waals surface area contributed by atoms with Crippen molar-refractivity contribution in [2.75, 3.05) is 7.11 Å². The van der Waals surface area contributed by atoms with Crippen LogP contribution in [0, 0.1) is 11.6 Å². The quantitative estimate of drug-likeness (QED) is 0.699. The number of sulfonamides is 1. The second-order valence-corrected chi connectivity index (χ2v) is 7.55. The Kier molecular flexibility index (Phi) is 5.24. The van der Waals surface area contributed by atoms with Gasteiger partial charge in [-0.15, -0.1) is 0 Å². The first-order valence-electron chi connectivity index (χ1n) is 7.90. The fourth-order valence-corrected chi connectivity index (χ4v) is 3.88. The zero-order chi connectivity index (χ0) is 19.6. The van der Waals surface area contributed by atoms with E-state index in [0.717, 1.165) is 12.1 Å². The molecule has 2 aromatic carbocycles. The van der Waals surface area contributed by atoms with Crippen LogP contribution < -0.4 is 9.46 Å². The van der Waals surface area contributed by atoms with E-state index >= 15 is 0 Å². The monoisotopic (exact) mass is 393 g/mol. The van der Waals surface area contributed by atoms with Gasteiger partial charge in [0.05, 0.1) is 12.0 Å². The summed E-state index contributed by atoms with van der Waals surface area (Å²) in [5.41, 5.74) is 0.559. The highest BCUT2D eigenvalue weighted by Crippen LogP contribution is 2.26. The number of hydrogen-bond acceptors (Lipinski definition) is 4. The van der Waals surface area contributed by atoms with Gasteiger partial charge in [-0.2, -0.15) is 4.72 Å². The number of nitrogens with zero attached hydrogens (tertiary/aromatic N) is 2. The molecule has 1 aromatic heterocycles. The first-order chi connectivity index (χ1) is 12.8. The molecule has 0 aliphatic rings. The Bertz CT molecular complexity index is 1050. The van der Waals surface area contributed by atoms with Crippen molar-refractivity contribution in [2.45, 2.75) is 10.9 Å². The maximum Gasteiger partial charge on any atom is 0.241 e. The van der Waals surface area contributed by atoms with Gasteiger partial charge in [0.2, 0.25) is 10.0 Å². The third kappa shape index (κ3) is 4.15. The summed E-state index contributed by atoms with van der Waals surface area (Å²) in [6.07, 6.45) is 3.19. The van der Waals surface area contributed by atoms with E-state index in [2.05, 4.69) is 9.71 Å². The van der Waals surface area contributed by atoms with Crippen LogP contribution in [0.25, 0.3) is 0 Å². The number of benzene rings is 2. The van der Waals surface area contributed by atoms with Crippen molar-refractivity contribution in [1.29, 1.82) is 0 Å². The van der Waals surface area contributed by atoms with E-state index in [1.165, 1.54) is 13.3 Å². The minimum Gasteiger partial charge on any atom is -0.497 e. The van der Waals surface area contributed by atoms with Gasteiger partial charge in [-0.3, -0.25) is 0 Å². The Morgan fingerprint density at radius 1 is 1.15 bits per heavy atom. The normalized spacial score (nSPS) is 12.7. The molecule has 0 spiro atoms. The average molecular weight is 393 g/mol. The number of hydrogen-bond donors (Lipinski definition) is 1. The SMILES string of the molecule is COc1cccc(C(NS(=O)(=O)c2cc(F)cc(F)c2)c2nccn2C)c1. The maximum absolute atomic E-state index is 13.5. The van der Waals surface area contributed by atoms with Crippen LogP contribution in [0.2, 0.25) is 0 Å². The number of rotatable bonds is 6. The van der Waals surface area contributed by atoms with Crippen LogP contribution in [-0.2, 0) is 17.1 Å². The molecule has 1 N–H and O–H groups in total. The van der Waals surface area contributed by atoms with E-state index in [9.17, 15) is 17.2 Å². The summed E-state index contributed by atoms with van der Waals surface area (Å²) in [6, 6.07) is 8.02. The van der Waals surface area contributed by atoms with Gasteiger partial charge in [0.15, 0.2) is 0 Å². The van der Waals surface area contributed by atoms with Gasteiger partial charge in [-0.1, -0.05) is 12.1 Å². The molecule has 6 nitrogen and oxygen atoms in total. The Balaban J connectivity index is 2.07. The number of halogens is 2. The molecule has 0 bridgehead atoms. The fraction of sp³-hybridized carbons (Fsp3) is 0.167. The number of aryl methyl sites for hydroxylation is 1. The molecule has 1 unspecified atom stereocenters. The van der Waals surface area contributed by atoms with Gasteiger partial charge in [-0.05, 0) is 29.8 Å². The van der Waals surface area contributed by atoms with Crippen LogP contribution in [0.15, 0.2) is 59.8 Å². The summed E-state index contributed by atoms with van der Waals surface area (Å²) in [5.74, 6) is -1.03. The Hall–Kier alpha value is -2.78.